The average Bonchev–Trinajstić information content (AvgIpc) is 2.38. The Balaban J connectivity index is 2.49. The van der Waals surface area contributed by atoms with Crippen LogP contribution in [0.5, 0.6) is 0 Å². The fourth-order valence-corrected chi connectivity index (χ4v) is 2.59. The highest BCUT2D eigenvalue weighted by molar-refractivity contribution is 5.85. The highest BCUT2D eigenvalue weighted by Gasteiger charge is 2.28. The molecule has 2 N–H and O–H groups in total. The summed E-state index contributed by atoms with van der Waals surface area (Å²) in [4.78, 5) is 34.9. The fourth-order valence-electron chi connectivity index (χ4n) is 2.59. The highest BCUT2D eigenvalue weighted by atomic mass is 16.6. The number of aliphatic carboxylic acids is 1. The van der Waals surface area contributed by atoms with Crippen molar-refractivity contribution < 1.29 is 29.0 Å². The van der Waals surface area contributed by atoms with E-state index in [1.54, 1.807) is 20.8 Å². The summed E-state index contributed by atoms with van der Waals surface area (Å²) in [5.41, 5.74) is -0.744. The largest absolute Gasteiger partial charge is 0.480 e. The molecule has 0 saturated heterocycles. The summed E-state index contributed by atoms with van der Waals surface area (Å²) >= 11 is 0. The first-order valence-electron chi connectivity index (χ1n) is 8.59. The molecule has 1 saturated carbocycles. The highest BCUT2D eigenvalue weighted by Crippen LogP contribution is 2.20. The molecule has 1 amide bonds. The number of hydrogen-bond donors (Lipinski definition) is 2. The molecule has 1 atom stereocenters. The average molecular weight is 343 g/mol. The minimum absolute atomic E-state index is 0.159. The molecule has 0 spiro atoms. The van der Waals surface area contributed by atoms with E-state index in [2.05, 4.69) is 5.32 Å². The van der Waals surface area contributed by atoms with Crippen LogP contribution in [0.15, 0.2) is 0 Å². The van der Waals surface area contributed by atoms with Gasteiger partial charge in [0.2, 0.25) is 0 Å². The smallest absolute Gasteiger partial charge is 0.408 e. The molecule has 0 aromatic heterocycles. The number of carboxylic acids is 1. The lowest BCUT2D eigenvalue weighted by Crippen LogP contribution is -2.45. The summed E-state index contributed by atoms with van der Waals surface area (Å²) in [5, 5.41) is 11.4. The molecule has 138 valence electrons. The number of rotatable bonds is 5. The van der Waals surface area contributed by atoms with Crippen LogP contribution >= 0.6 is 0 Å². The van der Waals surface area contributed by atoms with Crippen molar-refractivity contribution in [2.45, 2.75) is 89.9 Å². The van der Waals surface area contributed by atoms with Gasteiger partial charge in [-0.1, -0.05) is 19.3 Å². The van der Waals surface area contributed by atoms with Crippen LogP contribution in [0, 0.1) is 0 Å². The molecule has 1 unspecified atom stereocenters. The van der Waals surface area contributed by atoms with E-state index in [1.807, 2.05) is 0 Å². The Morgan fingerprint density at radius 3 is 2.12 bits per heavy atom. The monoisotopic (exact) mass is 343 g/mol. The van der Waals surface area contributed by atoms with Crippen molar-refractivity contribution >= 4 is 18.0 Å². The third-order valence-corrected chi connectivity index (χ3v) is 3.71. The zero-order chi connectivity index (χ0) is 18.2. The van der Waals surface area contributed by atoms with E-state index in [0.717, 1.165) is 38.5 Å². The Bertz CT molecular complexity index is 435. The maximum atomic E-state index is 12.0. The van der Waals surface area contributed by atoms with Gasteiger partial charge in [0.1, 0.15) is 17.7 Å². The SMILES string of the molecule is CC(C)(C)OC(=O)NC(CC(=O)OC1CCCCCCC1)C(=O)O. The van der Waals surface area contributed by atoms with Gasteiger partial charge in [-0.2, -0.15) is 0 Å². The number of nitrogens with one attached hydrogen (secondary N) is 1. The van der Waals surface area contributed by atoms with Crippen molar-refractivity contribution in [3.8, 4) is 0 Å². The first-order valence-corrected chi connectivity index (χ1v) is 8.59. The molecular formula is C17H29NO6. The van der Waals surface area contributed by atoms with Crippen molar-refractivity contribution in [3.05, 3.63) is 0 Å². The van der Waals surface area contributed by atoms with E-state index in [9.17, 15) is 19.5 Å². The standard InChI is InChI=1S/C17H29NO6/c1-17(2,3)24-16(22)18-13(15(20)21)11-14(19)23-12-9-7-5-4-6-8-10-12/h12-13H,4-11H2,1-3H3,(H,18,22)(H,20,21). The van der Waals surface area contributed by atoms with E-state index >= 15 is 0 Å². The van der Waals surface area contributed by atoms with Gasteiger partial charge in [0.25, 0.3) is 0 Å². The van der Waals surface area contributed by atoms with E-state index in [0.29, 0.717) is 0 Å². The lowest BCUT2D eigenvalue weighted by atomic mass is 9.98. The number of esters is 1. The second-order valence-electron chi connectivity index (χ2n) is 7.20. The van der Waals surface area contributed by atoms with Crippen LogP contribution in [-0.4, -0.2) is 40.9 Å². The summed E-state index contributed by atoms with van der Waals surface area (Å²) in [6.45, 7) is 5.02. The second kappa shape index (κ2) is 9.49. The Hall–Kier alpha value is -1.79. The molecule has 0 aromatic rings. The van der Waals surface area contributed by atoms with Crippen LogP contribution in [0.1, 0.15) is 72.1 Å². The van der Waals surface area contributed by atoms with Crippen LogP contribution in [0.4, 0.5) is 4.79 Å². The maximum Gasteiger partial charge on any atom is 0.408 e. The van der Waals surface area contributed by atoms with Crippen molar-refractivity contribution in [1.29, 1.82) is 0 Å². The summed E-state index contributed by atoms with van der Waals surface area (Å²) < 4.78 is 10.4. The van der Waals surface area contributed by atoms with Crippen LogP contribution < -0.4 is 5.32 Å². The minimum atomic E-state index is -1.36. The van der Waals surface area contributed by atoms with Gasteiger partial charge in [-0.15, -0.1) is 0 Å². The van der Waals surface area contributed by atoms with Crippen LogP contribution in [0.25, 0.3) is 0 Å². The first-order chi connectivity index (χ1) is 11.2. The molecule has 1 aliphatic carbocycles. The maximum absolute atomic E-state index is 12.0. The summed E-state index contributed by atoms with van der Waals surface area (Å²) in [5.74, 6) is -1.90. The Labute approximate surface area is 143 Å². The zero-order valence-electron chi connectivity index (χ0n) is 14.8. The molecule has 0 radical (unpaired) electrons. The van der Waals surface area contributed by atoms with Crippen molar-refractivity contribution in [2.75, 3.05) is 0 Å². The molecule has 0 heterocycles. The lowest BCUT2D eigenvalue weighted by Gasteiger charge is -2.23. The number of amides is 1. The van der Waals surface area contributed by atoms with Gasteiger partial charge in [-0.05, 0) is 46.5 Å². The molecule has 7 heteroatoms. The molecular weight excluding hydrogens is 314 g/mol. The predicted molar refractivity (Wildman–Crippen MR) is 87.6 cm³/mol. The van der Waals surface area contributed by atoms with E-state index < -0.39 is 36.1 Å². The van der Waals surface area contributed by atoms with Crippen molar-refractivity contribution in [1.82, 2.24) is 5.32 Å². The summed E-state index contributed by atoms with van der Waals surface area (Å²) in [7, 11) is 0. The summed E-state index contributed by atoms with van der Waals surface area (Å²) in [6, 6.07) is -1.36. The molecule has 24 heavy (non-hydrogen) atoms. The normalized spacial score (nSPS) is 18.0. The van der Waals surface area contributed by atoms with E-state index in [4.69, 9.17) is 9.47 Å². The van der Waals surface area contributed by atoms with Gasteiger partial charge in [-0.3, -0.25) is 4.79 Å². The molecule has 7 nitrogen and oxygen atoms in total. The van der Waals surface area contributed by atoms with Crippen molar-refractivity contribution in [2.24, 2.45) is 0 Å². The predicted octanol–water partition coefficient (Wildman–Crippen LogP) is 3.01. The van der Waals surface area contributed by atoms with Gasteiger partial charge in [0, 0.05) is 0 Å². The number of alkyl carbamates (subject to hydrolysis) is 1. The number of hydrogen-bond acceptors (Lipinski definition) is 5. The first kappa shape index (κ1) is 20.3. The lowest BCUT2D eigenvalue weighted by molar-refractivity contribution is -0.154. The molecule has 0 bridgehead atoms. The third-order valence-electron chi connectivity index (χ3n) is 3.71. The summed E-state index contributed by atoms with van der Waals surface area (Å²) in [6.07, 6.45) is 5.67. The number of carbonyl (C=O) groups is 3. The third kappa shape index (κ3) is 8.74. The van der Waals surface area contributed by atoms with Gasteiger partial charge in [0.05, 0.1) is 6.42 Å². The molecule has 1 aliphatic rings. The zero-order valence-corrected chi connectivity index (χ0v) is 14.8. The van der Waals surface area contributed by atoms with Crippen molar-refractivity contribution in [3.63, 3.8) is 0 Å². The fraction of sp³-hybridized carbons (Fsp3) is 0.824. The number of carbonyl (C=O) groups excluding carboxylic acids is 2. The topological polar surface area (TPSA) is 102 Å². The number of ether oxygens (including phenoxy) is 2. The van der Waals surface area contributed by atoms with Gasteiger partial charge >= 0.3 is 18.0 Å². The molecule has 0 aliphatic heterocycles. The van der Waals surface area contributed by atoms with Gasteiger partial charge < -0.3 is 19.9 Å². The van der Waals surface area contributed by atoms with Gasteiger partial charge in [0.15, 0.2) is 0 Å². The van der Waals surface area contributed by atoms with Crippen LogP contribution in [0.3, 0.4) is 0 Å². The molecule has 0 aromatic carbocycles. The van der Waals surface area contributed by atoms with Crippen LogP contribution in [0.2, 0.25) is 0 Å². The van der Waals surface area contributed by atoms with Crippen LogP contribution in [-0.2, 0) is 19.1 Å². The Morgan fingerprint density at radius 1 is 1.08 bits per heavy atom. The van der Waals surface area contributed by atoms with E-state index in [1.165, 1.54) is 6.42 Å². The quantitative estimate of drug-likeness (QED) is 0.744. The molecule has 1 fully saturated rings. The molecule has 1 rings (SSSR count). The second-order valence-corrected chi connectivity index (χ2v) is 7.20. The number of carboxylic acid groups (broad SMARTS) is 1. The Morgan fingerprint density at radius 2 is 1.62 bits per heavy atom. The minimum Gasteiger partial charge on any atom is -0.480 e. The van der Waals surface area contributed by atoms with Gasteiger partial charge in [-0.25, -0.2) is 9.59 Å². The Kier molecular flexibility index (Phi) is 8.01. The van der Waals surface area contributed by atoms with E-state index in [-0.39, 0.29) is 6.10 Å².